The molecule has 6 heterocycles. The molecule has 4 bridgehead atoms. The quantitative estimate of drug-likeness (QED) is 0.117. The maximum atomic E-state index is 13.9. The third-order valence-electron chi connectivity index (χ3n) is 14.2. The van der Waals surface area contributed by atoms with E-state index in [-0.39, 0.29) is 24.2 Å². The zero-order valence-corrected chi connectivity index (χ0v) is 35.2. The molecule has 59 heavy (non-hydrogen) atoms. The molecule has 1 aromatic heterocycles. The number of nitrogens with one attached hydrogen (secondary N) is 1. The van der Waals surface area contributed by atoms with Crippen molar-refractivity contribution >= 4 is 23.8 Å². The van der Waals surface area contributed by atoms with E-state index in [1.54, 1.807) is 38.2 Å². The molecule has 14 heteroatoms. The summed E-state index contributed by atoms with van der Waals surface area (Å²) in [6.07, 6.45) is 3.95. The van der Waals surface area contributed by atoms with Gasteiger partial charge in [-0.25, -0.2) is 14.4 Å². The zero-order chi connectivity index (χ0) is 42.3. The third kappa shape index (κ3) is 8.65. The number of hydrogen-bond acceptors (Lipinski definition) is 10. The number of carbonyl (C=O) groups excluding carboxylic acids is 4. The number of aliphatic hydroxyl groups excluding tert-OH is 1. The third-order valence-corrected chi connectivity index (χ3v) is 14.2. The molecular formula is C45H62N4O10+2. The maximum Gasteiger partial charge on any atom is 0.355 e. The standard InChI is InChI=1S/C45H60N4O10/c1-27-21-28(2)45-24-34(41(59-45)40(29(3)30(4)50)58-43(53)36-11-8-14-47-36)12-13-35(45)23-37(55-6)44(54)57-39(27)31(5)56-42(52)33-10-7-9-32(22-33)25-48-15-18-49(19-16-48,20-17-48)26-38(46)51/h7-14,21-22,27,29-31,34-35,37,39-41,50H,15-20,23-26H2,1-6H3,(H-2,46,47,51,53)/p+2/b28-21+/t27-,29-,30+,31-,34-,35?,37+,39+,40-,41-,45+,48?,49?/m1/s1. The number of methoxy groups -OCH3 is 1. The molecule has 320 valence electrons. The van der Waals surface area contributed by atoms with Gasteiger partial charge in [0.15, 0.2) is 12.6 Å². The Labute approximate surface area is 346 Å². The van der Waals surface area contributed by atoms with E-state index in [0.717, 1.165) is 65.9 Å². The number of rotatable bonds is 13. The van der Waals surface area contributed by atoms with E-state index in [0.29, 0.717) is 24.2 Å². The molecule has 1 amide bonds. The highest BCUT2D eigenvalue weighted by atomic mass is 16.6. The number of fused-ring (bicyclic) bond motifs is 4. The Bertz CT molecular complexity index is 1920. The Kier molecular flexibility index (Phi) is 12.3. The molecule has 4 fully saturated rings. The highest BCUT2D eigenvalue weighted by molar-refractivity contribution is 5.89. The molecule has 8 rings (SSSR count). The molecule has 14 nitrogen and oxygen atoms in total. The lowest BCUT2D eigenvalue weighted by molar-refractivity contribution is -1.08. The highest BCUT2D eigenvalue weighted by Gasteiger charge is 2.58. The Morgan fingerprint density at radius 2 is 1.69 bits per heavy atom. The second-order valence-corrected chi connectivity index (χ2v) is 18.1. The van der Waals surface area contributed by atoms with E-state index in [9.17, 15) is 24.3 Å². The predicted octanol–water partition coefficient (Wildman–Crippen LogP) is 3.69. The summed E-state index contributed by atoms with van der Waals surface area (Å²) < 4.78 is 33.0. The van der Waals surface area contributed by atoms with E-state index in [1.807, 2.05) is 45.0 Å². The van der Waals surface area contributed by atoms with Gasteiger partial charge in [0.25, 0.3) is 5.91 Å². The normalized spacial score (nSPS) is 35.6. The van der Waals surface area contributed by atoms with Crippen molar-refractivity contribution in [1.29, 1.82) is 0 Å². The number of hydrogen-bond donors (Lipinski definition) is 3. The Hall–Kier alpha value is -4.34. The van der Waals surface area contributed by atoms with Crippen molar-refractivity contribution in [1.82, 2.24) is 4.98 Å². The summed E-state index contributed by atoms with van der Waals surface area (Å²) in [5.41, 5.74) is 7.39. The van der Waals surface area contributed by atoms with Crippen LogP contribution < -0.4 is 5.73 Å². The monoisotopic (exact) mass is 818 g/mol. The van der Waals surface area contributed by atoms with E-state index >= 15 is 0 Å². The van der Waals surface area contributed by atoms with Gasteiger partial charge < -0.3 is 48.5 Å². The number of aliphatic hydroxyl groups is 1. The zero-order valence-electron chi connectivity index (χ0n) is 35.2. The number of nitrogens with zero attached hydrogens (tertiary/aromatic N) is 2. The fourth-order valence-electron chi connectivity index (χ4n) is 10.4. The maximum absolute atomic E-state index is 13.9. The number of ether oxygens (including phenoxy) is 5. The SMILES string of the molecule is CO[C@H]1CC2C=C[C@@H]3C[C@]2(O[C@H]3[C@H](OC(=O)c2ccc[nH]2)[C@H](C)[C@H](C)O)/C(C)=C/[C@@H](C)[C@@H]([C@@H](C)OC(=O)c2cccc(C[N+]34CC[N+](CC(N)=O)(CC3)CC4)c2)OC1=O. The van der Waals surface area contributed by atoms with Gasteiger partial charge in [0, 0.05) is 42.5 Å². The number of piperazine rings is 3. The second kappa shape index (κ2) is 17.0. The number of carbonyl (C=O) groups is 4. The van der Waals surface area contributed by atoms with Crippen LogP contribution in [0.2, 0.25) is 0 Å². The van der Waals surface area contributed by atoms with Crippen LogP contribution >= 0.6 is 0 Å². The van der Waals surface area contributed by atoms with Gasteiger partial charge in [0.05, 0.1) is 17.3 Å². The van der Waals surface area contributed by atoms with E-state index in [4.69, 9.17) is 29.4 Å². The molecule has 6 aliphatic rings. The van der Waals surface area contributed by atoms with Crippen LogP contribution in [0.4, 0.5) is 0 Å². The van der Waals surface area contributed by atoms with Gasteiger partial charge in [-0.05, 0) is 63.5 Å². The van der Waals surface area contributed by atoms with Crippen LogP contribution in [0, 0.1) is 23.7 Å². The minimum absolute atomic E-state index is 0.140. The number of nitrogens with two attached hydrogens (primary N) is 1. The van der Waals surface area contributed by atoms with E-state index in [1.165, 1.54) is 7.11 Å². The lowest BCUT2D eigenvalue weighted by atomic mass is 9.69. The lowest BCUT2D eigenvalue weighted by Crippen LogP contribution is -2.75. The molecule has 0 radical (unpaired) electrons. The molecule has 1 unspecified atom stereocenters. The van der Waals surface area contributed by atoms with Crippen molar-refractivity contribution < 1.29 is 56.9 Å². The molecule has 0 saturated carbocycles. The predicted molar refractivity (Wildman–Crippen MR) is 216 cm³/mol. The molecule has 11 atom stereocenters. The van der Waals surface area contributed by atoms with Crippen LogP contribution in [0.3, 0.4) is 0 Å². The molecule has 4 N–H and O–H groups in total. The van der Waals surface area contributed by atoms with Gasteiger partial charge in [-0.2, -0.15) is 0 Å². The first-order chi connectivity index (χ1) is 28.1. The van der Waals surface area contributed by atoms with Gasteiger partial charge >= 0.3 is 17.9 Å². The van der Waals surface area contributed by atoms with Crippen molar-refractivity contribution in [3.63, 3.8) is 0 Å². The number of amides is 1. The van der Waals surface area contributed by atoms with Gasteiger partial charge in [-0.15, -0.1) is 0 Å². The van der Waals surface area contributed by atoms with Crippen molar-refractivity contribution in [2.45, 2.75) is 96.2 Å². The fraction of sp³-hybridized carbons (Fsp3) is 0.600. The minimum atomic E-state index is -0.935. The highest BCUT2D eigenvalue weighted by Crippen LogP contribution is 2.53. The van der Waals surface area contributed by atoms with Gasteiger partial charge in [0.2, 0.25) is 0 Å². The fourth-order valence-corrected chi connectivity index (χ4v) is 10.4. The van der Waals surface area contributed by atoms with Crippen LogP contribution in [-0.2, 0) is 39.8 Å². The molecule has 1 aliphatic carbocycles. The average Bonchev–Trinajstić information content (AvgIpc) is 3.86. The molecule has 4 saturated heterocycles. The number of aromatic nitrogens is 1. The van der Waals surface area contributed by atoms with Crippen LogP contribution in [0.5, 0.6) is 0 Å². The minimum Gasteiger partial charge on any atom is -0.456 e. The summed E-state index contributed by atoms with van der Waals surface area (Å²) in [7, 11) is 1.48. The van der Waals surface area contributed by atoms with Gasteiger partial charge in [-0.3, -0.25) is 4.79 Å². The number of quaternary nitrogens is 2. The smallest absolute Gasteiger partial charge is 0.355 e. The largest absolute Gasteiger partial charge is 0.456 e. The number of esters is 3. The number of primary amides is 1. The van der Waals surface area contributed by atoms with Crippen LogP contribution in [0.15, 0.2) is 66.4 Å². The number of H-pyrrole nitrogens is 1. The summed E-state index contributed by atoms with van der Waals surface area (Å²) >= 11 is 0. The van der Waals surface area contributed by atoms with Crippen LogP contribution in [0.1, 0.15) is 73.9 Å². The molecular weight excluding hydrogens is 757 g/mol. The summed E-state index contributed by atoms with van der Waals surface area (Å²) in [5.74, 6) is -3.12. The molecule has 1 spiro atoms. The van der Waals surface area contributed by atoms with Crippen molar-refractivity contribution in [2.24, 2.45) is 29.4 Å². The van der Waals surface area contributed by atoms with Gasteiger partial charge in [0.1, 0.15) is 75.9 Å². The Morgan fingerprint density at radius 3 is 2.34 bits per heavy atom. The Morgan fingerprint density at radius 1 is 0.983 bits per heavy atom. The van der Waals surface area contributed by atoms with E-state index in [2.05, 4.69) is 17.1 Å². The first-order valence-electron chi connectivity index (χ1n) is 21.2. The van der Waals surface area contributed by atoms with Crippen LogP contribution in [0.25, 0.3) is 0 Å². The van der Waals surface area contributed by atoms with Crippen molar-refractivity contribution in [3.05, 3.63) is 83.2 Å². The molecule has 5 aliphatic heterocycles. The topological polar surface area (TPSA) is 176 Å². The van der Waals surface area contributed by atoms with Crippen LogP contribution in [-0.4, -0.2) is 138 Å². The van der Waals surface area contributed by atoms with Crippen molar-refractivity contribution in [3.8, 4) is 0 Å². The summed E-state index contributed by atoms with van der Waals surface area (Å²) in [6.45, 7) is 16.0. The summed E-state index contributed by atoms with van der Waals surface area (Å²) in [4.78, 5) is 55.6. The van der Waals surface area contributed by atoms with Crippen molar-refractivity contribution in [2.75, 3.05) is 52.9 Å². The second-order valence-electron chi connectivity index (χ2n) is 18.1. The summed E-state index contributed by atoms with van der Waals surface area (Å²) in [5, 5.41) is 10.7. The average molecular weight is 819 g/mol. The molecule has 1 aromatic carbocycles. The summed E-state index contributed by atoms with van der Waals surface area (Å²) in [6, 6.07) is 10.9. The number of aromatic amines is 1. The van der Waals surface area contributed by atoms with Gasteiger partial charge in [-0.1, -0.05) is 44.2 Å². The first kappa shape index (κ1) is 42.8. The molecule has 2 aromatic rings. The Balaban J connectivity index is 1.09. The number of benzene rings is 1. The lowest BCUT2D eigenvalue weighted by Gasteiger charge is -2.55. The first-order valence-corrected chi connectivity index (χ1v) is 21.2. The van der Waals surface area contributed by atoms with E-state index < -0.39 is 72.0 Å². The number of cyclic esters (lactones) is 1.